The maximum Gasteiger partial charge on any atom is 0.417 e. The zero-order valence-corrected chi connectivity index (χ0v) is 11.2. The number of hydrogen-bond acceptors (Lipinski definition) is 4. The number of fused-ring (bicyclic) bond motifs is 1. The van der Waals surface area contributed by atoms with Crippen LogP contribution < -0.4 is 5.32 Å². The summed E-state index contributed by atoms with van der Waals surface area (Å²) in [4.78, 5) is 18.2. The number of piperazine rings is 1. The van der Waals surface area contributed by atoms with Gasteiger partial charge in [0.05, 0.1) is 6.04 Å². The molecule has 2 aliphatic heterocycles. The third-order valence-corrected chi connectivity index (χ3v) is 4.23. The van der Waals surface area contributed by atoms with Crippen LogP contribution in [0.1, 0.15) is 17.9 Å². The van der Waals surface area contributed by atoms with Crippen molar-refractivity contribution in [1.29, 1.82) is 0 Å². The highest BCUT2D eigenvalue weighted by atomic mass is 16.6. The summed E-state index contributed by atoms with van der Waals surface area (Å²) >= 11 is 0. The molecule has 20 heavy (non-hydrogen) atoms. The highest BCUT2D eigenvalue weighted by molar-refractivity contribution is 5.99. The van der Waals surface area contributed by atoms with Crippen LogP contribution in [0.25, 0.3) is 0 Å². The Morgan fingerprint density at radius 3 is 3.00 bits per heavy atom. The second-order valence-electron chi connectivity index (χ2n) is 5.57. The summed E-state index contributed by atoms with van der Waals surface area (Å²) in [6.07, 6.45) is 0.803. The van der Waals surface area contributed by atoms with Crippen LogP contribution in [-0.2, 0) is 4.74 Å². The number of rotatable bonds is 2. The summed E-state index contributed by atoms with van der Waals surface area (Å²) < 4.78 is 5.34. The van der Waals surface area contributed by atoms with E-state index < -0.39 is 0 Å². The zero-order chi connectivity index (χ0) is 13.5. The van der Waals surface area contributed by atoms with Crippen molar-refractivity contribution in [3.8, 4) is 0 Å². The van der Waals surface area contributed by atoms with Crippen molar-refractivity contribution in [2.45, 2.75) is 24.4 Å². The predicted molar refractivity (Wildman–Crippen MR) is 74.9 cm³/mol. The summed E-state index contributed by atoms with van der Waals surface area (Å²) in [6, 6.07) is 10.7. The quantitative estimate of drug-likeness (QED) is 0.883. The first kappa shape index (κ1) is 11.9. The second-order valence-corrected chi connectivity index (χ2v) is 5.57. The highest BCUT2D eigenvalue weighted by Gasteiger charge is 2.44. The summed E-state index contributed by atoms with van der Waals surface area (Å²) in [5.74, 6) is 1.08. The van der Waals surface area contributed by atoms with Crippen LogP contribution in [0.4, 0.5) is 4.79 Å². The van der Waals surface area contributed by atoms with Gasteiger partial charge in [0.25, 0.3) is 0 Å². The maximum absolute atomic E-state index is 11.8. The van der Waals surface area contributed by atoms with Crippen molar-refractivity contribution in [2.24, 2.45) is 4.99 Å². The van der Waals surface area contributed by atoms with Crippen molar-refractivity contribution in [2.75, 3.05) is 19.6 Å². The van der Waals surface area contributed by atoms with E-state index in [1.165, 1.54) is 5.56 Å². The van der Waals surface area contributed by atoms with Crippen molar-refractivity contribution in [1.82, 2.24) is 10.2 Å². The van der Waals surface area contributed by atoms with Gasteiger partial charge in [-0.3, -0.25) is 4.90 Å². The number of nitrogens with zero attached hydrogens (tertiary/aromatic N) is 2. The Bertz CT molecular complexity index is 557. The van der Waals surface area contributed by atoms with E-state index in [0.29, 0.717) is 18.4 Å². The van der Waals surface area contributed by atoms with Gasteiger partial charge in [-0.2, -0.15) is 0 Å². The largest absolute Gasteiger partial charge is 0.417 e. The lowest BCUT2D eigenvalue weighted by Crippen LogP contribution is -2.51. The number of amides is 1. The van der Waals surface area contributed by atoms with Crippen LogP contribution in [0, 0.1) is 0 Å². The van der Waals surface area contributed by atoms with E-state index in [2.05, 4.69) is 34.6 Å². The highest BCUT2D eigenvalue weighted by Crippen LogP contribution is 2.43. The third kappa shape index (κ3) is 1.98. The fraction of sp³-hybridized carbons (Fsp3) is 0.467. The van der Waals surface area contributed by atoms with E-state index in [1.54, 1.807) is 4.90 Å². The van der Waals surface area contributed by atoms with Crippen molar-refractivity contribution >= 4 is 12.0 Å². The number of carbonyl (C=O) groups excluding carboxylic acids is 1. The van der Waals surface area contributed by atoms with E-state index in [4.69, 9.17) is 4.74 Å². The Balaban J connectivity index is 1.50. The molecule has 5 nitrogen and oxygen atoms in total. The van der Waals surface area contributed by atoms with Gasteiger partial charge in [-0.1, -0.05) is 30.3 Å². The molecule has 0 unspecified atom stereocenters. The van der Waals surface area contributed by atoms with Crippen LogP contribution in [0.5, 0.6) is 0 Å². The smallest absolute Gasteiger partial charge is 0.393 e. The first-order valence-electron chi connectivity index (χ1n) is 7.15. The molecule has 3 atom stereocenters. The van der Waals surface area contributed by atoms with Gasteiger partial charge in [0.2, 0.25) is 5.90 Å². The van der Waals surface area contributed by atoms with E-state index in [9.17, 15) is 4.79 Å². The van der Waals surface area contributed by atoms with Crippen LogP contribution in [0.15, 0.2) is 35.3 Å². The minimum atomic E-state index is -0.243. The second kappa shape index (κ2) is 4.59. The number of carbonyl (C=O) groups is 1. The Morgan fingerprint density at radius 1 is 1.30 bits per heavy atom. The molecule has 2 heterocycles. The summed E-state index contributed by atoms with van der Waals surface area (Å²) in [5.41, 5.74) is 1.32. The minimum absolute atomic E-state index is 0.00623. The third-order valence-electron chi connectivity index (χ3n) is 4.23. The molecule has 104 valence electrons. The van der Waals surface area contributed by atoms with Gasteiger partial charge in [-0.25, -0.2) is 9.79 Å². The van der Waals surface area contributed by atoms with Gasteiger partial charge in [-0.15, -0.1) is 0 Å². The maximum atomic E-state index is 11.8. The molecule has 5 heteroatoms. The van der Waals surface area contributed by atoms with Gasteiger partial charge in [0.15, 0.2) is 0 Å². The number of nitrogens with one attached hydrogen (secondary N) is 1. The SMILES string of the molecule is O=C1OC(=N[C@H]2C[C@@H]2c2ccccc2)[C@@H]2CNCCN12. The normalized spacial score (nSPS) is 34.0. The molecule has 1 aromatic rings. The van der Waals surface area contributed by atoms with Gasteiger partial charge in [-0.05, 0) is 12.0 Å². The van der Waals surface area contributed by atoms with Gasteiger partial charge in [0, 0.05) is 25.6 Å². The van der Waals surface area contributed by atoms with E-state index in [1.807, 2.05) is 6.07 Å². The number of hydrogen-bond donors (Lipinski definition) is 1. The van der Waals surface area contributed by atoms with Crippen LogP contribution in [-0.4, -0.2) is 48.6 Å². The molecule has 1 amide bonds. The molecule has 3 aliphatic rings. The van der Waals surface area contributed by atoms with Crippen LogP contribution in [0.2, 0.25) is 0 Å². The Morgan fingerprint density at radius 2 is 2.15 bits per heavy atom. The Hall–Kier alpha value is -1.88. The van der Waals surface area contributed by atoms with Crippen LogP contribution >= 0.6 is 0 Å². The molecule has 0 spiro atoms. The average Bonchev–Trinajstić information content (AvgIpc) is 3.19. The van der Waals surface area contributed by atoms with E-state index >= 15 is 0 Å². The van der Waals surface area contributed by atoms with Gasteiger partial charge < -0.3 is 10.1 Å². The average molecular weight is 271 g/mol. The minimum Gasteiger partial charge on any atom is -0.393 e. The van der Waals surface area contributed by atoms with E-state index in [0.717, 1.165) is 19.5 Å². The lowest BCUT2D eigenvalue weighted by Gasteiger charge is -2.26. The van der Waals surface area contributed by atoms with Crippen LogP contribution in [0.3, 0.4) is 0 Å². The molecule has 0 bridgehead atoms. The molecule has 1 aromatic carbocycles. The molecule has 1 aliphatic carbocycles. The Labute approximate surface area is 117 Å². The molecule has 2 saturated heterocycles. The number of benzene rings is 1. The van der Waals surface area contributed by atoms with E-state index in [-0.39, 0.29) is 18.2 Å². The fourth-order valence-electron chi connectivity index (χ4n) is 3.02. The number of cyclic esters (lactones) is 1. The number of ether oxygens (including phenoxy) is 1. The molecule has 1 saturated carbocycles. The zero-order valence-electron chi connectivity index (χ0n) is 11.2. The summed E-state index contributed by atoms with van der Waals surface area (Å²) in [6.45, 7) is 2.28. The van der Waals surface area contributed by atoms with Gasteiger partial charge >= 0.3 is 6.09 Å². The first-order chi connectivity index (χ1) is 9.83. The lowest BCUT2D eigenvalue weighted by atomic mass is 10.1. The molecule has 4 rings (SSSR count). The topological polar surface area (TPSA) is 53.9 Å². The standard InChI is InChI=1S/C15H17N3O2/c19-15-18-7-6-16-9-13(18)14(20-15)17-12-8-11(12)10-4-2-1-3-5-10/h1-5,11-13,16H,6-9H2/t11-,12+,13+/m1/s1. The summed E-state index contributed by atoms with van der Waals surface area (Å²) in [7, 11) is 0. The van der Waals surface area contributed by atoms with Crippen molar-refractivity contribution in [3.63, 3.8) is 0 Å². The molecule has 0 aromatic heterocycles. The molecular weight excluding hydrogens is 254 g/mol. The molecule has 1 N–H and O–H groups in total. The first-order valence-corrected chi connectivity index (χ1v) is 7.15. The number of aliphatic imine (C=N–C) groups is 1. The molecular formula is C15H17N3O2. The lowest BCUT2D eigenvalue weighted by molar-refractivity contribution is 0.163. The molecule has 3 fully saturated rings. The Kier molecular flexibility index (Phi) is 2.73. The van der Waals surface area contributed by atoms with Crippen molar-refractivity contribution in [3.05, 3.63) is 35.9 Å². The van der Waals surface area contributed by atoms with Crippen molar-refractivity contribution < 1.29 is 9.53 Å². The monoisotopic (exact) mass is 271 g/mol. The summed E-state index contributed by atoms with van der Waals surface area (Å²) in [5, 5.41) is 3.29. The van der Waals surface area contributed by atoms with Gasteiger partial charge in [0.1, 0.15) is 6.04 Å². The molecule has 0 radical (unpaired) electrons. The fourth-order valence-corrected chi connectivity index (χ4v) is 3.02. The predicted octanol–water partition coefficient (Wildman–Crippen LogP) is 1.36.